The summed E-state index contributed by atoms with van der Waals surface area (Å²) in [5.74, 6) is -0.979. The van der Waals surface area contributed by atoms with Crippen LogP contribution in [0.25, 0.3) is 11.1 Å². The molecule has 4 aromatic rings. The second-order valence-corrected chi connectivity index (χ2v) is 13.7. The summed E-state index contributed by atoms with van der Waals surface area (Å²) in [5.41, 5.74) is 1.52. The van der Waals surface area contributed by atoms with Gasteiger partial charge in [0.15, 0.2) is 5.03 Å². The number of benzene rings is 2. The van der Waals surface area contributed by atoms with Crippen LogP contribution in [0.2, 0.25) is 10.0 Å². The fourth-order valence-electron chi connectivity index (χ4n) is 5.91. The molecule has 228 valence electrons. The van der Waals surface area contributed by atoms with Gasteiger partial charge in [-0.3, -0.25) is 14.2 Å². The molecule has 1 fully saturated rings. The highest BCUT2D eigenvalue weighted by Crippen LogP contribution is 2.45. The van der Waals surface area contributed by atoms with Gasteiger partial charge in [-0.15, -0.1) is 0 Å². The number of imidazole rings is 1. The molecule has 14 heteroatoms. The third kappa shape index (κ3) is 5.25. The number of amides is 1. The lowest BCUT2D eigenvalue weighted by Crippen LogP contribution is -2.44. The Balaban J connectivity index is 1.41. The molecule has 0 aliphatic carbocycles. The average molecular weight is 656 g/mol. The molecular weight excluding hydrogens is 627 g/mol. The van der Waals surface area contributed by atoms with Gasteiger partial charge in [0.1, 0.15) is 11.9 Å². The number of carbonyl (C=O) groups is 2. The van der Waals surface area contributed by atoms with Gasteiger partial charge >= 0.3 is 5.97 Å². The molecule has 1 amide bonds. The van der Waals surface area contributed by atoms with Crippen LogP contribution in [-0.4, -0.2) is 64.3 Å². The van der Waals surface area contributed by atoms with Gasteiger partial charge in [-0.1, -0.05) is 47.5 Å². The predicted octanol–water partition coefficient (Wildman–Crippen LogP) is 4.86. The molecule has 11 nitrogen and oxygen atoms in total. The molecule has 1 saturated heterocycles. The lowest BCUT2D eigenvalue weighted by molar-refractivity contribution is -0.146. The van der Waals surface area contributed by atoms with Crippen LogP contribution in [0.5, 0.6) is 0 Å². The van der Waals surface area contributed by atoms with E-state index in [0.29, 0.717) is 28.6 Å². The standard InChI is InChI=1S/C30H28Cl2N6O5S/c1-30(14-19-3-5-20(6-4-19)22-15-33-18-34-16-22)28(40)37(25-12-23(31)11-24(32)13-25)29-35-17-26(38(29)30)44(41,42)36-9-7-21(8-10-36)27(39)43-2/h3-6,11-13,15-18,21H,7-10,14H2,1-2H3/t30-/m1/s1. The summed E-state index contributed by atoms with van der Waals surface area (Å²) in [5, 5.41) is 0.510. The molecule has 2 aromatic heterocycles. The molecule has 0 spiro atoms. The van der Waals surface area contributed by atoms with E-state index in [9.17, 15) is 18.0 Å². The summed E-state index contributed by atoms with van der Waals surface area (Å²) in [6.45, 7) is 1.96. The van der Waals surface area contributed by atoms with Crippen molar-refractivity contribution in [3.63, 3.8) is 0 Å². The number of esters is 1. The summed E-state index contributed by atoms with van der Waals surface area (Å²) in [4.78, 5) is 40.4. The Kier molecular flexibility index (Phi) is 7.95. The van der Waals surface area contributed by atoms with Crippen LogP contribution in [-0.2, 0) is 36.3 Å². The number of rotatable bonds is 7. The normalized spacial score (nSPS) is 19.3. The second kappa shape index (κ2) is 11.6. The molecule has 2 aliphatic rings. The maximum absolute atomic E-state index is 14.4. The van der Waals surface area contributed by atoms with Gasteiger partial charge in [0.2, 0.25) is 5.95 Å². The summed E-state index contributed by atoms with van der Waals surface area (Å²) in [7, 11) is -2.79. The Morgan fingerprint density at radius 2 is 1.64 bits per heavy atom. The molecule has 2 aliphatic heterocycles. The number of anilines is 2. The average Bonchev–Trinajstić information content (AvgIpc) is 3.55. The maximum Gasteiger partial charge on any atom is 0.308 e. The SMILES string of the molecule is COC(=O)C1CCN(S(=O)(=O)c2cnc3n2[C@](C)(Cc2ccc(-c4cncnc4)cc2)C(=O)N3c2cc(Cl)cc(Cl)c2)CC1. The van der Waals surface area contributed by atoms with Crippen molar-refractivity contribution >= 4 is 56.7 Å². The van der Waals surface area contributed by atoms with Crippen LogP contribution in [0.4, 0.5) is 11.6 Å². The molecule has 1 atom stereocenters. The first-order valence-electron chi connectivity index (χ1n) is 13.8. The smallest absolute Gasteiger partial charge is 0.308 e. The van der Waals surface area contributed by atoms with E-state index in [2.05, 4.69) is 15.0 Å². The number of carbonyl (C=O) groups excluding carboxylic acids is 2. The molecule has 0 unspecified atom stereocenters. The van der Waals surface area contributed by atoms with E-state index in [0.717, 1.165) is 16.7 Å². The molecule has 0 bridgehead atoms. The zero-order chi connectivity index (χ0) is 31.2. The fraction of sp³-hybridized carbons (Fsp3) is 0.300. The van der Waals surface area contributed by atoms with Gasteiger partial charge in [-0.05, 0) is 49.1 Å². The van der Waals surface area contributed by atoms with E-state index in [1.54, 1.807) is 37.5 Å². The first-order chi connectivity index (χ1) is 21.0. The van der Waals surface area contributed by atoms with Gasteiger partial charge in [-0.2, -0.15) is 4.31 Å². The molecular formula is C30H28Cl2N6O5S. The number of sulfonamides is 1. The maximum atomic E-state index is 14.4. The Morgan fingerprint density at radius 1 is 1.00 bits per heavy atom. The fourth-order valence-corrected chi connectivity index (χ4v) is 8.08. The Labute approximate surface area is 264 Å². The minimum atomic E-state index is -4.11. The zero-order valence-electron chi connectivity index (χ0n) is 23.9. The Morgan fingerprint density at radius 3 is 2.25 bits per heavy atom. The third-order valence-electron chi connectivity index (χ3n) is 8.16. The van der Waals surface area contributed by atoms with Crippen molar-refractivity contribution in [2.45, 2.75) is 36.8 Å². The highest BCUT2D eigenvalue weighted by atomic mass is 35.5. The van der Waals surface area contributed by atoms with Crippen molar-refractivity contribution in [2.75, 3.05) is 25.1 Å². The van der Waals surface area contributed by atoms with E-state index < -0.39 is 15.6 Å². The van der Waals surface area contributed by atoms with Crippen LogP contribution in [0.3, 0.4) is 0 Å². The monoisotopic (exact) mass is 654 g/mol. The van der Waals surface area contributed by atoms with Crippen molar-refractivity contribution in [3.05, 3.63) is 83.0 Å². The number of ether oxygens (including phenoxy) is 1. The molecule has 0 saturated carbocycles. The molecule has 0 N–H and O–H groups in total. The number of hydrogen-bond acceptors (Lipinski definition) is 8. The topological polar surface area (TPSA) is 128 Å². The molecule has 6 rings (SSSR count). The van der Waals surface area contributed by atoms with Crippen LogP contribution in [0.15, 0.2) is 72.4 Å². The Bertz CT molecular complexity index is 1820. The van der Waals surface area contributed by atoms with Crippen LogP contribution in [0.1, 0.15) is 25.3 Å². The van der Waals surface area contributed by atoms with E-state index in [1.807, 2.05) is 24.3 Å². The van der Waals surface area contributed by atoms with Crippen molar-refractivity contribution in [2.24, 2.45) is 5.92 Å². The quantitative estimate of drug-likeness (QED) is 0.259. The van der Waals surface area contributed by atoms with Crippen molar-refractivity contribution < 1.29 is 22.7 Å². The van der Waals surface area contributed by atoms with Gasteiger partial charge in [0, 0.05) is 47.5 Å². The van der Waals surface area contributed by atoms with E-state index in [1.165, 1.54) is 33.4 Å². The van der Waals surface area contributed by atoms with Gasteiger partial charge < -0.3 is 4.74 Å². The van der Waals surface area contributed by atoms with Gasteiger partial charge in [0.05, 0.1) is 24.9 Å². The minimum Gasteiger partial charge on any atom is -0.469 e. The van der Waals surface area contributed by atoms with Crippen LogP contribution in [0, 0.1) is 5.92 Å². The first-order valence-corrected chi connectivity index (χ1v) is 16.0. The minimum absolute atomic E-state index is 0.117. The molecule has 4 heterocycles. The lowest BCUT2D eigenvalue weighted by Gasteiger charge is -2.31. The number of halogens is 2. The Hall–Kier alpha value is -3.84. The number of piperidine rings is 1. The largest absolute Gasteiger partial charge is 0.469 e. The molecule has 2 aromatic carbocycles. The molecule has 44 heavy (non-hydrogen) atoms. The summed E-state index contributed by atoms with van der Waals surface area (Å²) >= 11 is 12.6. The third-order valence-corrected chi connectivity index (χ3v) is 10.5. The summed E-state index contributed by atoms with van der Waals surface area (Å²) < 4.78 is 35.9. The highest BCUT2D eigenvalue weighted by Gasteiger charge is 2.52. The van der Waals surface area contributed by atoms with E-state index in [-0.39, 0.29) is 48.3 Å². The van der Waals surface area contributed by atoms with Gasteiger partial charge in [-0.25, -0.2) is 28.3 Å². The van der Waals surface area contributed by atoms with Crippen molar-refractivity contribution in [3.8, 4) is 11.1 Å². The van der Waals surface area contributed by atoms with Crippen molar-refractivity contribution in [1.82, 2.24) is 23.8 Å². The van der Waals surface area contributed by atoms with E-state index >= 15 is 0 Å². The van der Waals surface area contributed by atoms with Crippen LogP contribution >= 0.6 is 23.2 Å². The predicted molar refractivity (Wildman–Crippen MR) is 164 cm³/mol. The zero-order valence-corrected chi connectivity index (χ0v) is 26.2. The van der Waals surface area contributed by atoms with Gasteiger partial charge in [0.25, 0.3) is 15.9 Å². The summed E-state index contributed by atoms with van der Waals surface area (Å²) in [6, 6.07) is 12.3. The van der Waals surface area contributed by atoms with E-state index in [4.69, 9.17) is 27.9 Å². The molecule has 0 radical (unpaired) electrons. The number of fused-ring (bicyclic) bond motifs is 1. The summed E-state index contributed by atoms with van der Waals surface area (Å²) in [6.07, 6.45) is 6.97. The number of nitrogens with zero attached hydrogens (tertiary/aromatic N) is 6. The lowest BCUT2D eigenvalue weighted by atomic mass is 9.91. The number of methoxy groups -OCH3 is 1. The second-order valence-electron chi connectivity index (χ2n) is 11.0. The van der Waals surface area contributed by atoms with Crippen LogP contribution < -0.4 is 4.90 Å². The number of hydrogen-bond donors (Lipinski definition) is 0. The number of aromatic nitrogens is 4. The first kappa shape index (κ1) is 30.2. The van der Waals surface area contributed by atoms with Crippen molar-refractivity contribution in [1.29, 1.82) is 0 Å². The highest BCUT2D eigenvalue weighted by molar-refractivity contribution is 7.89.